The first kappa shape index (κ1) is 15.3. The summed E-state index contributed by atoms with van der Waals surface area (Å²) >= 11 is 0. The number of nitrogens with two attached hydrogens (primary N) is 1. The summed E-state index contributed by atoms with van der Waals surface area (Å²) < 4.78 is 40.3. The van der Waals surface area contributed by atoms with Crippen LogP contribution in [0.5, 0.6) is 0 Å². The van der Waals surface area contributed by atoms with Crippen molar-refractivity contribution in [2.75, 3.05) is 5.73 Å². The van der Waals surface area contributed by atoms with E-state index in [9.17, 15) is 12.8 Å². The van der Waals surface area contributed by atoms with Gasteiger partial charge in [-0.05, 0) is 49.3 Å². The van der Waals surface area contributed by atoms with Crippen molar-refractivity contribution in [1.29, 1.82) is 0 Å². The maximum absolute atomic E-state index is 13.1. The molecule has 0 aliphatic heterocycles. The summed E-state index contributed by atoms with van der Waals surface area (Å²) in [5, 5.41) is 0. The summed E-state index contributed by atoms with van der Waals surface area (Å²) in [5.74, 6) is 0.510. The SMILES string of the molecule is CC1CCC(NS(=O)(=O)c2ccc(F)c(N)c2)CC1C. The molecule has 6 heteroatoms. The van der Waals surface area contributed by atoms with Crippen LogP contribution in [0, 0.1) is 17.7 Å². The highest BCUT2D eigenvalue weighted by Gasteiger charge is 2.28. The van der Waals surface area contributed by atoms with E-state index in [2.05, 4.69) is 18.6 Å². The van der Waals surface area contributed by atoms with Crippen molar-refractivity contribution in [2.45, 2.75) is 44.0 Å². The number of hydrogen-bond acceptors (Lipinski definition) is 3. The standard InChI is InChI=1S/C14H21FN2O2S/c1-9-3-4-11(7-10(9)2)17-20(18,19)12-5-6-13(15)14(16)8-12/h5-6,8-11,17H,3-4,7,16H2,1-2H3. The van der Waals surface area contributed by atoms with Gasteiger partial charge in [-0.2, -0.15) is 0 Å². The Morgan fingerprint density at radius 3 is 2.55 bits per heavy atom. The fraction of sp³-hybridized carbons (Fsp3) is 0.571. The van der Waals surface area contributed by atoms with Crippen LogP contribution in [0.15, 0.2) is 23.1 Å². The third kappa shape index (κ3) is 3.30. The van der Waals surface area contributed by atoms with Crippen molar-refractivity contribution in [3.63, 3.8) is 0 Å². The molecule has 0 spiro atoms. The summed E-state index contributed by atoms with van der Waals surface area (Å²) in [6.07, 6.45) is 2.68. The quantitative estimate of drug-likeness (QED) is 0.843. The molecule has 112 valence electrons. The van der Waals surface area contributed by atoms with Crippen molar-refractivity contribution in [3.8, 4) is 0 Å². The number of benzene rings is 1. The lowest BCUT2D eigenvalue weighted by molar-refractivity contribution is 0.242. The first-order valence-corrected chi connectivity index (χ1v) is 8.35. The minimum Gasteiger partial charge on any atom is -0.396 e. The van der Waals surface area contributed by atoms with Crippen LogP contribution in [0.4, 0.5) is 10.1 Å². The topological polar surface area (TPSA) is 72.2 Å². The van der Waals surface area contributed by atoms with Crippen molar-refractivity contribution in [3.05, 3.63) is 24.0 Å². The fourth-order valence-electron chi connectivity index (χ4n) is 2.63. The van der Waals surface area contributed by atoms with E-state index >= 15 is 0 Å². The molecular formula is C14H21FN2O2S. The summed E-state index contributed by atoms with van der Waals surface area (Å²) in [4.78, 5) is 0.0164. The van der Waals surface area contributed by atoms with Crippen LogP contribution in [0.1, 0.15) is 33.1 Å². The molecule has 0 bridgehead atoms. The van der Waals surface area contributed by atoms with E-state index in [4.69, 9.17) is 5.73 Å². The minimum atomic E-state index is -3.64. The second-order valence-electron chi connectivity index (χ2n) is 5.77. The molecule has 1 aliphatic rings. The van der Waals surface area contributed by atoms with E-state index in [0.29, 0.717) is 11.8 Å². The zero-order chi connectivity index (χ0) is 14.9. The minimum absolute atomic E-state index is 0.0164. The van der Waals surface area contributed by atoms with E-state index in [-0.39, 0.29) is 16.6 Å². The van der Waals surface area contributed by atoms with Crippen molar-refractivity contribution < 1.29 is 12.8 Å². The highest BCUT2D eigenvalue weighted by molar-refractivity contribution is 7.89. The van der Waals surface area contributed by atoms with Gasteiger partial charge in [0.25, 0.3) is 0 Å². The molecule has 1 aliphatic carbocycles. The number of rotatable bonds is 3. The van der Waals surface area contributed by atoms with Crippen LogP contribution in [-0.4, -0.2) is 14.5 Å². The van der Waals surface area contributed by atoms with Crippen LogP contribution in [0.3, 0.4) is 0 Å². The smallest absolute Gasteiger partial charge is 0.240 e. The Kier molecular flexibility index (Phi) is 4.34. The van der Waals surface area contributed by atoms with Crippen molar-refractivity contribution in [1.82, 2.24) is 4.72 Å². The van der Waals surface area contributed by atoms with Gasteiger partial charge >= 0.3 is 0 Å². The van der Waals surface area contributed by atoms with Gasteiger partial charge in [-0.1, -0.05) is 13.8 Å². The van der Waals surface area contributed by atoms with Gasteiger partial charge in [0.1, 0.15) is 5.82 Å². The lowest BCUT2D eigenvalue weighted by Gasteiger charge is -2.32. The largest absolute Gasteiger partial charge is 0.396 e. The molecule has 2 rings (SSSR count). The Balaban J connectivity index is 2.13. The molecular weight excluding hydrogens is 279 g/mol. The van der Waals surface area contributed by atoms with E-state index in [1.165, 1.54) is 6.07 Å². The Hall–Kier alpha value is -1.14. The molecule has 3 N–H and O–H groups in total. The van der Waals surface area contributed by atoms with Gasteiger partial charge in [0.05, 0.1) is 10.6 Å². The Morgan fingerprint density at radius 2 is 1.95 bits per heavy atom. The molecule has 4 nitrogen and oxygen atoms in total. The number of nitrogens with one attached hydrogen (secondary N) is 1. The molecule has 3 atom stereocenters. The molecule has 1 saturated carbocycles. The first-order chi connectivity index (χ1) is 9.29. The van der Waals surface area contributed by atoms with E-state index in [1.807, 2.05) is 0 Å². The van der Waals surface area contributed by atoms with Gasteiger partial charge in [-0.3, -0.25) is 0 Å². The van der Waals surface area contributed by atoms with E-state index < -0.39 is 15.8 Å². The predicted molar refractivity (Wildman–Crippen MR) is 77.1 cm³/mol. The van der Waals surface area contributed by atoms with Crippen molar-refractivity contribution >= 4 is 15.7 Å². The van der Waals surface area contributed by atoms with Crippen LogP contribution in [-0.2, 0) is 10.0 Å². The molecule has 1 fully saturated rings. The van der Waals surface area contributed by atoms with E-state index in [1.54, 1.807) is 0 Å². The number of halogens is 1. The van der Waals surface area contributed by atoms with E-state index in [0.717, 1.165) is 31.4 Å². The molecule has 0 amide bonds. The number of nitrogen functional groups attached to an aromatic ring is 1. The molecule has 0 saturated heterocycles. The van der Waals surface area contributed by atoms with Crippen LogP contribution >= 0.6 is 0 Å². The van der Waals surface area contributed by atoms with Crippen molar-refractivity contribution in [2.24, 2.45) is 11.8 Å². The number of hydrogen-bond donors (Lipinski definition) is 2. The molecule has 1 aromatic rings. The highest BCUT2D eigenvalue weighted by Crippen LogP contribution is 2.30. The summed E-state index contributed by atoms with van der Waals surface area (Å²) in [7, 11) is -3.64. The Morgan fingerprint density at radius 1 is 1.25 bits per heavy atom. The maximum Gasteiger partial charge on any atom is 0.240 e. The van der Waals surface area contributed by atoms with Gasteiger partial charge in [0.15, 0.2) is 0 Å². The average molecular weight is 300 g/mol. The molecule has 0 aromatic heterocycles. The molecule has 3 unspecified atom stereocenters. The highest BCUT2D eigenvalue weighted by atomic mass is 32.2. The zero-order valence-corrected chi connectivity index (χ0v) is 12.6. The Labute approximate surface area is 119 Å². The van der Waals surface area contributed by atoms with Gasteiger partial charge in [-0.15, -0.1) is 0 Å². The second-order valence-corrected chi connectivity index (χ2v) is 7.48. The van der Waals surface area contributed by atoms with Gasteiger partial charge in [0.2, 0.25) is 10.0 Å². The van der Waals surface area contributed by atoms with Crippen LogP contribution < -0.4 is 10.5 Å². The maximum atomic E-state index is 13.1. The average Bonchev–Trinajstić information content (AvgIpc) is 2.37. The second kappa shape index (κ2) is 5.69. The first-order valence-electron chi connectivity index (χ1n) is 6.87. The molecule has 0 radical (unpaired) electrons. The predicted octanol–water partition coefficient (Wildman–Crippen LogP) is 2.51. The zero-order valence-electron chi connectivity index (χ0n) is 11.8. The summed E-state index contributed by atoms with van der Waals surface area (Å²) in [6.45, 7) is 4.33. The molecule has 1 aromatic carbocycles. The van der Waals surface area contributed by atoms with Gasteiger partial charge in [0, 0.05) is 6.04 Å². The summed E-state index contributed by atoms with van der Waals surface area (Å²) in [5.41, 5.74) is 5.27. The van der Waals surface area contributed by atoms with Gasteiger partial charge in [-0.25, -0.2) is 17.5 Å². The lowest BCUT2D eigenvalue weighted by atomic mass is 9.79. The number of sulfonamides is 1. The molecule has 0 heterocycles. The monoisotopic (exact) mass is 300 g/mol. The normalized spacial score (nSPS) is 27.4. The number of anilines is 1. The van der Waals surface area contributed by atoms with Crippen LogP contribution in [0.2, 0.25) is 0 Å². The molecule has 20 heavy (non-hydrogen) atoms. The third-order valence-electron chi connectivity index (χ3n) is 4.20. The fourth-order valence-corrected chi connectivity index (χ4v) is 3.95. The van der Waals surface area contributed by atoms with Crippen LogP contribution in [0.25, 0.3) is 0 Å². The lowest BCUT2D eigenvalue weighted by Crippen LogP contribution is -2.39. The van der Waals surface area contributed by atoms with Gasteiger partial charge < -0.3 is 5.73 Å². The Bertz CT molecular complexity index is 589. The summed E-state index contributed by atoms with van der Waals surface area (Å²) in [6, 6.07) is 3.42. The third-order valence-corrected chi connectivity index (χ3v) is 5.72.